The Labute approximate surface area is 121 Å². The predicted molar refractivity (Wildman–Crippen MR) is 80.5 cm³/mol. The highest BCUT2D eigenvalue weighted by molar-refractivity contribution is 7.10. The van der Waals surface area contributed by atoms with Gasteiger partial charge in [-0.2, -0.15) is 0 Å². The Morgan fingerprint density at radius 3 is 2.95 bits per heavy atom. The lowest BCUT2D eigenvalue weighted by atomic mass is 10.1. The van der Waals surface area contributed by atoms with Crippen LogP contribution in [0.1, 0.15) is 27.7 Å². The molecule has 2 aromatic rings. The Balaban J connectivity index is 1.88. The molecule has 0 unspecified atom stereocenters. The molecule has 0 atom stereocenters. The molecule has 0 fully saturated rings. The minimum atomic E-state index is 0.00955. The van der Waals surface area contributed by atoms with Crippen molar-refractivity contribution in [1.82, 2.24) is 0 Å². The molecule has 0 saturated heterocycles. The quantitative estimate of drug-likeness (QED) is 0.774. The van der Waals surface area contributed by atoms with Crippen LogP contribution in [0.2, 0.25) is 5.02 Å². The number of thiophene rings is 1. The molecule has 2 heterocycles. The standard InChI is InChI=1S/C15H14ClNOS/c1-10(18)13-3-2-12(8-14(13)16)17-6-4-15-11(9-17)5-7-19-15/h2-3,5,7-8H,4,6,9H2,1H3. The fourth-order valence-corrected chi connectivity index (χ4v) is 3.65. The van der Waals surface area contributed by atoms with E-state index in [0.717, 1.165) is 25.2 Å². The number of carbonyl (C=O) groups excluding carboxylic acids is 1. The van der Waals surface area contributed by atoms with E-state index in [4.69, 9.17) is 11.6 Å². The molecule has 4 heteroatoms. The monoisotopic (exact) mass is 291 g/mol. The Bertz CT molecular complexity index is 635. The number of Topliss-reactive ketones (excluding diaryl/α,β-unsaturated/α-hetero) is 1. The van der Waals surface area contributed by atoms with Gasteiger partial charge in [-0.25, -0.2) is 0 Å². The van der Waals surface area contributed by atoms with Crippen LogP contribution in [-0.4, -0.2) is 12.3 Å². The highest BCUT2D eigenvalue weighted by Crippen LogP contribution is 2.30. The second kappa shape index (κ2) is 4.99. The average molecular weight is 292 g/mol. The molecule has 1 aliphatic heterocycles. The number of rotatable bonds is 2. The molecule has 0 spiro atoms. The lowest BCUT2D eigenvalue weighted by Gasteiger charge is -2.29. The van der Waals surface area contributed by atoms with Crippen LogP contribution in [0.5, 0.6) is 0 Å². The van der Waals surface area contributed by atoms with E-state index < -0.39 is 0 Å². The van der Waals surface area contributed by atoms with Crippen molar-refractivity contribution in [3.8, 4) is 0 Å². The van der Waals surface area contributed by atoms with E-state index in [-0.39, 0.29) is 5.78 Å². The SMILES string of the molecule is CC(=O)c1ccc(N2CCc3sccc3C2)cc1Cl. The molecule has 1 aromatic heterocycles. The highest BCUT2D eigenvalue weighted by Gasteiger charge is 2.18. The average Bonchev–Trinajstić information content (AvgIpc) is 2.85. The molecule has 98 valence electrons. The summed E-state index contributed by atoms with van der Waals surface area (Å²) in [5.74, 6) is 0.00955. The summed E-state index contributed by atoms with van der Waals surface area (Å²) in [6, 6.07) is 7.90. The molecule has 2 nitrogen and oxygen atoms in total. The fourth-order valence-electron chi connectivity index (χ4n) is 2.46. The van der Waals surface area contributed by atoms with E-state index in [1.807, 2.05) is 29.5 Å². The summed E-state index contributed by atoms with van der Waals surface area (Å²) in [7, 11) is 0. The Hall–Kier alpha value is -1.32. The number of benzene rings is 1. The van der Waals surface area contributed by atoms with Gasteiger partial charge in [0, 0.05) is 29.2 Å². The van der Waals surface area contributed by atoms with Crippen molar-refractivity contribution in [3.05, 3.63) is 50.7 Å². The summed E-state index contributed by atoms with van der Waals surface area (Å²) >= 11 is 8.01. The minimum absolute atomic E-state index is 0.00955. The third-order valence-electron chi connectivity index (χ3n) is 3.50. The predicted octanol–water partition coefficient (Wildman–Crippen LogP) is 4.17. The molecule has 1 aromatic carbocycles. The molecule has 0 radical (unpaired) electrons. The lowest BCUT2D eigenvalue weighted by molar-refractivity contribution is 0.101. The second-order valence-corrected chi connectivity index (χ2v) is 6.17. The first-order valence-corrected chi connectivity index (χ1v) is 7.51. The van der Waals surface area contributed by atoms with Crippen molar-refractivity contribution in [2.24, 2.45) is 0 Å². The van der Waals surface area contributed by atoms with Crippen molar-refractivity contribution < 1.29 is 4.79 Å². The van der Waals surface area contributed by atoms with Crippen molar-refractivity contribution in [1.29, 1.82) is 0 Å². The van der Waals surface area contributed by atoms with Gasteiger partial charge in [-0.15, -0.1) is 11.3 Å². The highest BCUT2D eigenvalue weighted by atomic mass is 35.5. The van der Waals surface area contributed by atoms with Crippen molar-refractivity contribution in [2.75, 3.05) is 11.4 Å². The Morgan fingerprint density at radius 1 is 1.37 bits per heavy atom. The van der Waals surface area contributed by atoms with Gasteiger partial charge in [-0.05, 0) is 48.6 Å². The van der Waals surface area contributed by atoms with Gasteiger partial charge in [0.15, 0.2) is 5.78 Å². The summed E-state index contributed by atoms with van der Waals surface area (Å²) in [6.07, 6.45) is 1.08. The van der Waals surface area contributed by atoms with Crippen molar-refractivity contribution in [2.45, 2.75) is 19.9 Å². The first kappa shape index (κ1) is 12.7. The van der Waals surface area contributed by atoms with Gasteiger partial charge >= 0.3 is 0 Å². The molecule has 0 amide bonds. The van der Waals surface area contributed by atoms with E-state index in [2.05, 4.69) is 16.3 Å². The fraction of sp³-hybridized carbons (Fsp3) is 0.267. The summed E-state index contributed by atoms with van der Waals surface area (Å²) < 4.78 is 0. The topological polar surface area (TPSA) is 20.3 Å². The van der Waals surface area contributed by atoms with E-state index in [0.29, 0.717) is 10.6 Å². The van der Waals surface area contributed by atoms with Crippen LogP contribution < -0.4 is 4.90 Å². The summed E-state index contributed by atoms with van der Waals surface area (Å²) in [6.45, 7) is 3.47. The first-order valence-electron chi connectivity index (χ1n) is 6.26. The van der Waals surface area contributed by atoms with E-state index >= 15 is 0 Å². The smallest absolute Gasteiger partial charge is 0.161 e. The zero-order valence-electron chi connectivity index (χ0n) is 10.6. The number of hydrogen-bond acceptors (Lipinski definition) is 3. The third kappa shape index (κ3) is 2.40. The molecule has 0 bridgehead atoms. The van der Waals surface area contributed by atoms with Gasteiger partial charge in [0.25, 0.3) is 0 Å². The zero-order valence-corrected chi connectivity index (χ0v) is 12.2. The number of fused-ring (bicyclic) bond motifs is 1. The largest absolute Gasteiger partial charge is 0.367 e. The maximum Gasteiger partial charge on any atom is 0.161 e. The van der Waals surface area contributed by atoms with Crippen LogP contribution in [0, 0.1) is 0 Å². The summed E-state index contributed by atoms with van der Waals surface area (Å²) in [5.41, 5.74) is 3.09. The van der Waals surface area contributed by atoms with Crippen molar-refractivity contribution in [3.63, 3.8) is 0 Å². The van der Waals surface area contributed by atoms with Gasteiger partial charge < -0.3 is 4.90 Å². The normalized spacial score (nSPS) is 14.3. The number of halogens is 1. The summed E-state index contributed by atoms with van der Waals surface area (Å²) in [4.78, 5) is 15.2. The van der Waals surface area contributed by atoms with Crippen LogP contribution in [-0.2, 0) is 13.0 Å². The molecular weight excluding hydrogens is 278 g/mol. The van der Waals surface area contributed by atoms with Crippen LogP contribution >= 0.6 is 22.9 Å². The molecule has 19 heavy (non-hydrogen) atoms. The number of carbonyl (C=O) groups is 1. The maximum absolute atomic E-state index is 11.4. The second-order valence-electron chi connectivity index (χ2n) is 4.76. The number of nitrogens with zero attached hydrogens (tertiary/aromatic N) is 1. The van der Waals surface area contributed by atoms with Gasteiger partial charge in [0.05, 0.1) is 5.02 Å². The molecule has 0 aliphatic carbocycles. The first-order chi connectivity index (χ1) is 9.15. The molecular formula is C15H14ClNOS. The Morgan fingerprint density at radius 2 is 2.21 bits per heavy atom. The molecule has 3 rings (SSSR count). The summed E-state index contributed by atoms with van der Waals surface area (Å²) in [5, 5.41) is 2.70. The number of anilines is 1. The van der Waals surface area contributed by atoms with Crippen LogP contribution in [0.15, 0.2) is 29.6 Å². The van der Waals surface area contributed by atoms with Gasteiger partial charge in [0.1, 0.15) is 0 Å². The molecule has 0 saturated carbocycles. The van der Waals surface area contributed by atoms with Gasteiger partial charge in [-0.1, -0.05) is 11.6 Å². The third-order valence-corrected chi connectivity index (χ3v) is 4.84. The van der Waals surface area contributed by atoms with Crippen LogP contribution in [0.3, 0.4) is 0 Å². The van der Waals surface area contributed by atoms with Crippen LogP contribution in [0.25, 0.3) is 0 Å². The maximum atomic E-state index is 11.4. The zero-order chi connectivity index (χ0) is 13.4. The van der Waals surface area contributed by atoms with Crippen LogP contribution in [0.4, 0.5) is 5.69 Å². The minimum Gasteiger partial charge on any atom is -0.367 e. The Kier molecular flexibility index (Phi) is 3.33. The van der Waals surface area contributed by atoms with Gasteiger partial charge in [-0.3, -0.25) is 4.79 Å². The molecule has 1 aliphatic rings. The van der Waals surface area contributed by atoms with E-state index in [9.17, 15) is 4.79 Å². The number of ketones is 1. The van der Waals surface area contributed by atoms with E-state index in [1.54, 1.807) is 6.92 Å². The number of hydrogen-bond donors (Lipinski definition) is 0. The van der Waals surface area contributed by atoms with E-state index in [1.165, 1.54) is 10.4 Å². The van der Waals surface area contributed by atoms with Crippen molar-refractivity contribution >= 4 is 34.4 Å². The lowest BCUT2D eigenvalue weighted by Crippen LogP contribution is -2.29. The molecule has 0 N–H and O–H groups in total. The van der Waals surface area contributed by atoms with Gasteiger partial charge in [0.2, 0.25) is 0 Å².